The van der Waals surface area contributed by atoms with E-state index in [1.807, 2.05) is 134 Å². The Morgan fingerprint density at radius 1 is 0.437 bits per heavy atom. The zero-order chi connectivity index (χ0) is 59.0. The van der Waals surface area contributed by atoms with E-state index < -0.39 is 60.8 Å². The molecule has 452 valence electrons. The molecule has 0 saturated heterocycles. The minimum Gasteiger partial charge on any atom is -0.550 e. The molecular formula is C66H74Ca2F2N4O13+2. The summed E-state index contributed by atoms with van der Waals surface area (Å²) in [5, 5.41) is 69.2. The zero-order valence-corrected chi connectivity index (χ0v) is 53.5. The van der Waals surface area contributed by atoms with Gasteiger partial charge in [-0.15, -0.1) is 0 Å². The Bertz CT molecular complexity index is 3180. The van der Waals surface area contributed by atoms with Crippen molar-refractivity contribution in [2.24, 2.45) is 0 Å². The molecule has 6 aromatic carbocycles. The standard InChI is InChI=1S/2C33H35FN2O5.2Ca.3H2O/c2*1-21(2)31-30(33(41)35-25-11-7-4-8-12-25)29(22-9-5-3-6-10-22)32(23-13-15-24(34)16-14-23)36(31)18-17-26(37)19-27(38)20-28(39)40;;;;;/h2*3-16,21,26-27,37-38H,17-20H2,1-2H3,(H,35,41)(H,39,40);;;3*1H2/q;;2*+2;;;/p-2/t2*26-,27-;;;;;/m11...../s1. The number of carbonyl (C=O) groups is 4. The van der Waals surface area contributed by atoms with Gasteiger partial charge in [-0.05, 0) is 133 Å². The first kappa shape index (κ1) is 77.0. The molecule has 0 saturated carbocycles. The van der Waals surface area contributed by atoms with Gasteiger partial charge in [0.2, 0.25) is 0 Å². The molecule has 0 aliphatic rings. The average molecular weight is 1250 g/mol. The van der Waals surface area contributed by atoms with Gasteiger partial charge in [0.1, 0.15) is 11.6 Å². The number of para-hydroxylation sites is 2. The summed E-state index contributed by atoms with van der Waals surface area (Å²) in [7, 11) is 0. The van der Waals surface area contributed by atoms with Crippen LogP contribution in [0.15, 0.2) is 170 Å². The normalized spacial score (nSPS) is 12.0. The van der Waals surface area contributed by atoms with Crippen molar-refractivity contribution in [1.29, 1.82) is 0 Å². The van der Waals surface area contributed by atoms with Gasteiger partial charge in [-0.25, -0.2) is 8.78 Å². The first-order valence-electron chi connectivity index (χ1n) is 27.3. The summed E-state index contributed by atoms with van der Waals surface area (Å²) in [5.41, 5.74) is 9.43. The number of aliphatic hydroxyl groups excluding tert-OH is 4. The van der Waals surface area contributed by atoms with Crippen LogP contribution in [0.1, 0.15) is 110 Å². The van der Waals surface area contributed by atoms with Gasteiger partial charge in [-0.1, -0.05) is 125 Å². The quantitative estimate of drug-likeness (QED) is 0.0347. The Hall–Kier alpha value is -6.14. The molecule has 12 N–H and O–H groups in total. The smallest absolute Gasteiger partial charge is 0.550 e. The maximum atomic E-state index is 14.0. The number of halogens is 2. The van der Waals surface area contributed by atoms with Crippen molar-refractivity contribution in [2.75, 3.05) is 10.6 Å². The molecule has 87 heavy (non-hydrogen) atoms. The minimum atomic E-state index is -1.39. The number of nitrogens with zero attached hydrogens (tertiary/aromatic N) is 2. The molecule has 0 unspecified atom stereocenters. The molecule has 0 spiro atoms. The van der Waals surface area contributed by atoms with Crippen LogP contribution in [0.5, 0.6) is 0 Å². The van der Waals surface area contributed by atoms with Crippen LogP contribution in [-0.2, 0) is 22.7 Å². The van der Waals surface area contributed by atoms with Crippen molar-refractivity contribution >= 4 is 111 Å². The average Bonchev–Trinajstić information content (AvgIpc) is 1.71. The van der Waals surface area contributed by atoms with Crippen LogP contribution in [-0.4, -0.2) is 170 Å². The molecule has 21 heteroatoms. The van der Waals surface area contributed by atoms with E-state index in [0.717, 1.165) is 22.5 Å². The number of hydrogen-bond acceptors (Lipinski definition) is 10. The molecule has 17 nitrogen and oxygen atoms in total. The largest absolute Gasteiger partial charge is 2.00 e. The Kier molecular flexibility index (Phi) is 32.7. The van der Waals surface area contributed by atoms with Crippen molar-refractivity contribution < 1.29 is 75.0 Å². The Morgan fingerprint density at radius 2 is 0.724 bits per heavy atom. The van der Waals surface area contributed by atoms with Crippen LogP contribution in [0.3, 0.4) is 0 Å². The summed E-state index contributed by atoms with van der Waals surface area (Å²) in [4.78, 5) is 49.8. The Morgan fingerprint density at radius 3 is 1.00 bits per heavy atom. The number of rotatable bonds is 24. The van der Waals surface area contributed by atoms with Gasteiger partial charge < -0.3 is 76.4 Å². The van der Waals surface area contributed by atoms with Crippen molar-refractivity contribution in [3.8, 4) is 44.8 Å². The molecule has 4 atom stereocenters. The van der Waals surface area contributed by atoms with Gasteiger partial charge >= 0.3 is 75.5 Å². The second-order valence-electron chi connectivity index (χ2n) is 20.8. The van der Waals surface area contributed by atoms with Crippen molar-refractivity contribution in [3.63, 3.8) is 0 Å². The number of anilines is 2. The van der Waals surface area contributed by atoms with Crippen LogP contribution >= 0.6 is 0 Å². The van der Waals surface area contributed by atoms with Crippen molar-refractivity contribution in [1.82, 2.24) is 9.13 Å². The topological polar surface area (TPSA) is 324 Å². The number of amides is 2. The van der Waals surface area contributed by atoms with Crippen LogP contribution in [0, 0.1) is 11.6 Å². The zero-order valence-electron chi connectivity index (χ0n) is 49.1. The van der Waals surface area contributed by atoms with E-state index in [9.17, 15) is 58.6 Å². The van der Waals surface area contributed by atoms with E-state index in [1.54, 1.807) is 48.5 Å². The third-order valence-electron chi connectivity index (χ3n) is 13.8. The maximum absolute atomic E-state index is 14.0. The number of carboxylic acid groups (broad SMARTS) is 2. The second kappa shape index (κ2) is 37.0. The molecule has 0 bridgehead atoms. The predicted octanol–water partition coefficient (Wildman–Crippen LogP) is 6.72. The minimum absolute atomic E-state index is 0. The Labute approximate surface area is 564 Å². The van der Waals surface area contributed by atoms with E-state index in [2.05, 4.69) is 10.6 Å². The third kappa shape index (κ3) is 21.0. The Balaban J connectivity index is 0.000000561. The van der Waals surface area contributed by atoms with Gasteiger partial charge in [-0.2, -0.15) is 0 Å². The molecule has 0 radical (unpaired) electrons. The van der Waals surface area contributed by atoms with Crippen LogP contribution in [0.25, 0.3) is 44.8 Å². The van der Waals surface area contributed by atoms with E-state index >= 15 is 0 Å². The first-order valence-corrected chi connectivity index (χ1v) is 27.3. The molecule has 8 aromatic rings. The van der Waals surface area contributed by atoms with Gasteiger partial charge in [-0.3, -0.25) is 9.59 Å². The summed E-state index contributed by atoms with van der Waals surface area (Å²) < 4.78 is 32.0. The molecule has 0 fully saturated rings. The van der Waals surface area contributed by atoms with Gasteiger partial charge in [0, 0.05) is 71.8 Å². The number of aliphatic carboxylic acids is 2. The fourth-order valence-electron chi connectivity index (χ4n) is 10.4. The number of aliphatic hydroxyl groups is 4. The SMILES string of the molecule is CC(C)c1c(C(=O)Nc2ccccc2)c(-c2ccccc2)c(-c2ccc(F)cc2)n1CC[C@@H](O)C[C@@H](O)CC(=O)[O-].CC(C)c1c(C(=O)Nc2ccccc2)c(-c2ccccc2)c(-c2ccc(F)cc2)n1CC[C@@H](O)C[C@@H](O)CC(=O)[O-].O.O.O.[Ca+2].[Ca+2]. The summed E-state index contributed by atoms with van der Waals surface area (Å²) in [6.45, 7) is 8.45. The predicted molar refractivity (Wildman–Crippen MR) is 332 cm³/mol. The van der Waals surface area contributed by atoms with Crippen molar-refractivity contribution in [3.05, 3.63) is 204 Å². The molecule has 2 heterocycles. The molecule has 2 aromatic heterocycles. The summed E-state index contributed by atoms with van der Waals surface area (Å²) in [6, 6.07) is 49.4. The molecular weight excluding hydrogens is 1170 g/mol. The van der Waals surface area contributed by atoms with Crippen LogP contribution in [0.4, 0.5) is 20.2 Å². The van der Waals surface area contributed by atoms with E-state index in [0.29, 0.717) is 56.1 Å². The number of aromatic nitrogens is 2. The van der Waals surface area contributed by atoms with Gasteiger partial charge in [0.05, 0.1) is 46.9 Å². The number of hydrogen-bond donors (Lipinski definition) is 6. The summed E-state index contributed by atoms with van der Waals surface area (Å²) in [5.74, 6) is -4.41. The molecule has 2 amide bonds. The van der Waals surface area contributed by atoms with E-state index in [4.69, 9.17) is 0 Å². The van der Waals surface area contributed by atoms with E-state index in [-0.39, 0.29) is 154 Å². The fraction of sp³-hybridized carbons (Fsp3) is 0.273. The third-order valence-corrected chi connectivity index (χ3v) is 13.8. The molecule has 0 aliphatic heterocycles. The maximum Gasteiger partial charge on any atom is 2.00 e. The summed E-state index contributed by atoms with van der Waals surface area (Å²) >= 11 is 0. The molecule has 0 aliphatic carbocycles. The summed E-state index contributed by atoms with van der Waals surface area (Å²) in [6.07, 6.45) is -5.54. The number of carbonyl (C=O) groups excluding carboxylic acids is 4. The fourth-order valence-corrected chi connectivity index (χ4v) is 10.4. The monoisotopic (exact) mass is 1250 g/mol. The first-order chi connectivity index (χ1) is 39.3. The number of nitrogens with one attached hydrogen (secondary N) is 2. The molecule has 8 rings (SSSR count). The van der Waals surface area contributed by atoms with Crippen LogP contribution < -0.4 is 20.8 Å². The second-order valence-corrected chi connectivity index (χ2v) is 20.8. The van der Waals surface area contributed by atoms with Gasteiger partial charge in [0.15, 0.2) is 0 Å². The number of carboxylic acids is 2. The van der Waals surface area contributed by atoms with Gasteiger partial charge in [0.25, 0.3) is 11.8 Å². The van der Waals surface area contributed by atoms with Crippen LogP contribution in [0.2, 0.25) is 0 Å². The van der Waals surface area contributed by atoms with E-state index in [1.165, 1.54) is 24.3 Å². The van der Waals surface area contributed by atoms with Crippen molar-refractivity contribution in [2.45, 2.75) is 116 Å². The number of benzene rings is 6.